The molecular formula is C16H23N3O3S. The van der Waals surface area contributed by atoms with Crippen LogP contribution in [-0.2, 0) is 14.8 Å². The Morgan fingerprint density at radius 2 is 1.87 bits per heavy atom. The van der Waals surface area contributed by atoms with Gasteiger partial charge in [-0.3, -0.25) is 4.90 Å². The third-order valence-corrected chi connectivity index (χ3v) is 5.37. The molecule has 1 aliphatic heterocycles. The van der Waals surface area contributed by atoms with E-state index < -0.39 is 10.0 Å². The van der Waals surface area contributed by atoms with Gasteiger partial charge in [0.15, 0.2) is 0 Å². The molecule has 1 aromatic rings. The zero-order valence-electron chi connectivity index (χ0n) is 13.7. The van der Waals surface area contributed by atoms with E-state index in [1.165, 1.54) is 24.3 Å². The average molecular weight is 337 g/mol. The topological polar surface area (TPSA) is 82.4 Å². The first-order valence-corrected chi connectivity index (χ1v) is 9.19. The Morgan fingerprint density at radius 3 is 2.39 bits per heavy atom. The van der Waals surface area contributed by atoms with Crippen LogP contribution < -0.4 is 4.72 Å². The first kappa shape index (κ1) is 17.9. The summed E-state index contributed by atoms with van der Waals surface area (Å²) in [7, 11) is -3.56. The van der Waals surface area contributed by atoms with Crippen molar-refractivity contribution in [2.75, 3.05) is 19.6 Å². The molecule has 1 heterocycles. The molecule has 1 N–H and O–H groups in total. The van der Waals surface area contributed by atoms with E-state index in [-0.39, 0.29) is 23.1 Å². The zero-order chi connectivity index (χ0) is 17.0. The highest BCUT2D eigenvalue weighted by Gasteiger charge is 2.26. The summed E-state index contributed by atoms with van der Waals surface area (Å²) in [6.45, 7) is 7.98. The van der Waals surface area contributed by atoms with Crippen molar-refractivity contribution in [3.8, 4) is 6.07 Å². The summed E-state index contributed by atoms with van der Waals surface area (Å²) < 4.78 is 33.0. The zero-order valence-corrected chi connectivity index (χ0v) is 14.5. The van der Waals surface area contributed by atoms with Gasteiger partial charge in [-0.25, -0.2) is 13.1 Å². The predicted octanol–water partition coefficient (Wildman–Crippen LogP) is 1.33. The van der Waals surface area contributed by atoms with Gasteiger partial charge in [0, 0.05) is 25.7 Å². The summed E-state index contributed by atoms with van der Waals surface area (Å²) >= 11 is 0. The summed E-state index contributed by atoms with van der Waals surface area (Å²) in [6, 6.07) is 7.96. The number of nitrogens with zero attached hydrogens (tertiary/aromatic N) is 2. The quantitative estimate of drug-likeness (QED) is 0.876. The SMILES string of the molecule is C[C@@H]1CN([C@@H](C)CNS(=O)(=O)c2ccc(C#N)cc2)C[C@H](C)O1. The van der Waals surface area contributed by atoms with Crippen molar-refractivity contribution in [3.63, 3.8) is 0 Å². The molecule has 1 aromatic carbocycles. The van der Waals surface area contributed by atoms with Crippen molar-refractivity contribution >= 4 is 10.0 Å². The van der Waals surface area contributed by atoms with Crippen molar-refractivity contribution in [2.45, 2.75) is 43.9 Å². The smallest absolute Gasteiger partial charge is 0.240 e. The van der Waals surface area contributed by atoms with Gasteiger partial charge in [-0.1, -0.05) is 0 Å². The molecule has 0 aromatic heterocycles. The highest BCUT2D eigenvalue weighted by Crippen LogP contribution is 2.14. The Morgan fingerprint density at radius 1 is 1.30 bits per heavy atom. The molecule has 0 aliphatic carbocycles. The summed E-state index contributed by atoms with van der Waals surface area (Å²) in [4.78, 5) is 2.41. The maximum absolute atomic E-state index is 12.3. The molecule has 7 heteroatoms. The van der Waals surface area contributed by atoms with Gasteiger partial charge < -0.3 is 4.74 Å². The fourth-order valence-corrected chi connectivity index (χ4v) is 3.85. The van der Waals surface area contributed by atoms with Crippen molar-refractivity contribution < 1.29 is 13.2 Å². The maximum Gasteiger partial charge on any atom is 0.240 e. The molecule has 23 heavy (non-hydrogen) atoms. The molecule has 1 fully saturated rings. The van der Waals surface area contributed by atoms with Gasteiger partial charge in [0.05, 0.1) is 28.7 Å². The monoisotopic (exact) mass is 337 g/mol. The second kappa shape index (κ2) is 7.41. The lowest BCUT2D eigenvalue weighted by atomic mass is 10.2. The van der Waals surface area contributed by atoms with Crippen LogP contribution in [0.5, 0.6) is 0 Å². The van der Waals surface area contributed by atoms with Gasteiger partial charge >= 0.3 is 0 Å². The molecule has 0 saturated carbocycles. The van der Waals surface area contributed by atoms with Gasteiger partial charge in [0.25, 0.3) is 0 Å². The lowest BCUT2D eigenvalue weighted by Crippen LogP contribution is -2.52. The maximum atomic E-state index is 12.3. The van der Waals surface area contributed by atoms with Crippen molar-refractivity contribution in [3.05, 3.63) is 29.8 Å². The van der Waals surface area contributed by atoms with E-state index in [0.29, 0.717) is 12.1 Å². The number of rotatable bonds is 5. The second-order valence-electron chi connectivity index (χ2n) is 6.05. The van der Waals surface area contributed by atoms with Crippen LogP contribution in [0.3, 0.4) is 0 Å². The highest BCUT2D eigenvalue weighted by molar-refractivity contribution is 7.89. The van der Waals surface area contributed by atoms with E-state index in [1.54, 1.807) is 0 Å². The van der Waals surface area contributed by atoms with Crippen LogP contribution in [0.1, 0.15) is 26.3 Å². The molecule has 0 amide bonds. The van der Waals surface area contributed by atoms with Crippen LogP contribution in [0.2, 0.25) is 0 Å². The number of nitriles is 1. The molecule has 126 valence electrons. The first-order chi connectivity index (χ1) is 10.8. The summed E-state index contributed by atoms with van der Waals surface area (Å²) in [5, 5.41) is 8.76. The van der Waals surface area contributed by atoms with Gasteiger partial charge in [0.1, 0.15) is 0 Å². The molecule has 0 unspecified atom stereocenters. The van der Waals surface area contributed by atoms with Crippen molar-refractivity contribution in [2.24, 2.45) is 0 Å². The minimum absolute atomic E-state index is 0.0805. The van der Waals surface area contributed by atoms with Crippen molar-refractivity contribution in [1.29, 1.82) is 5.26 Å². The van der Waals surface area contributed by atoms with Gasteiger partial charge in [0.2, 0.25) is 10.0 Å². The van der Waals surface area contributed by atoms with Gasteiger partial charge in [-0.05, 0) is 45.0 Å². The third-order valence-electron chi connectivity index (χ3n) is 3.93. The lowest BCUT2D eigenvalue weighted by molar-refractivity contribution is -0.0776. The van der Waals surface area contributed by atoms with Gasteiger partial charge in [-0.2, -0.15) is 5.26 Å². The molecule has 3 atom stereocenters. The Hall–Kier alpha value is -1.46. The van der Waals surface area contributed by atoms with E-state index in [9.17, 15) is 8.42 Å². The summed E-state index contributed by atoms with van der Waals surface area (Å²) in [6.07, 6.45) is 0.299. The van der Waals surface area contributed by atoms with E-state index in [4.69, 9.17) is 10.00 Å². The van der Waals surface area contributed by atoms with Crippen LogP contribution in [0.25, 0.3) is 0 Å². The molecule has 0 spiro atoms. The molecule has 6 nitrogen and oxygen atoms in total. The fourth-order valence-electron chi connectivity index (χ4n) is 2.73. The van der Waals surface area contributed by atoms with Crippen LogP contribution in [0.15, 0.2) is 29.2 Å². The third kappa shape index (κ3) is 4.75. The summed E-state index contributed by atoms with van der Waals surface area (Å²) in [5.41, 5.74) is 0.439. The van der Waals surface area contributed by atoms with Crippen LogP contribution in [-0.4, -0.2) is 51.2 Å². The van der Waals surface area contributed by atoms with Gasteiger partial charge in [-0.15, -0.1) is 0 Å². The largest absolute Gasteiger partial charge is 0.373 e. The number of sulfonamides is 1. The minimum Gasteiger partial charge on any atom is -0.373 e. The van der Waals surface area contributed by atoms with Crippen LogP contribution >= 0.6 is 0 Å². The lowest BCUT2D eigenvalue weighted by Gasteiger charge is -2.38. The van der Waals surface area contributed by atoms with E-state index in [0.717, 1.165) is 13.1 Å². The number of nitrogens with one attached hydrogen (secondary N) is 1. The number of hydrogen-bond donors (Lipinski definition) is 1. The molecule has 0 bridgehead atoms. The van der Waals surface area contributed by atoms with E-state index in [2.05, 4.69) is 9.62 Å². The molecule has 1 saturated heterocycles. The second-order valence-corrected chi connectivity index (χ2v) is 7.82. The number of ether oxygens (including phenoxy) is 1. The minimum atomic E-state index is -3.56. The van der Waals surface area contributed by atoms with Crippen LogP contribution in [0.4, 0.5) is 0 Å². The summed E-state index contributed by atoms with van der Waals surface area (Å²) in [5.74, 6) is 0. The van der Waals surface area contributed by atoms with E-state index in [1.807, 2.05) is 26.8 Å². The van der Waals surface area contributed by atoms with Crippen LogP contribution in [0, 0.1) is 11.3 Å². The fraction of sp³-hybridized carbons (Fsp3) is 0.562. The molecule has 2 rings (SSSR count). The average Bonchev–Trinajstić information content (AvgIpc) is 2.52. The standard InChI is InChI=1S/C16H23N3O3S/c1-12(19-10-13(2)22-14(3)11-19)9-18-23(20,21)16-6-4-15(8-17)5-7-16/h4-7,12-14,18H,9-11H2,1-3H3/t12-,13-,14+/m0/s1. The van der Waals surface area contributed by atoms with E-state index >= 15 is 0 Å². The normalized spacial score (nSPS) is 24.1. The molecular weight excluding hydrogens is 314 g/mol. The number of hydrogen-bond acceptors (Lipinski definition) is 5. The van der Waals surface area contributed by atoms with Crippen molar-refractivity contribution in [1.82, 2.24) is 9.62 Å². The predicted molar refractivity (Wildman–Crippen MR) is 87.4 cm³/mol. The highest BCUT2D eigenvalue weighted by atomic mass is 32.2. The molecule has 1 aliphatic rings. The molecule has 0 radical (unpaired) electrons. The number of benzene rings is 1. The first-order valence-electron chi connectivity index (χ1n) is 7.71. The Bertz CT molecular complexity index is 657. The number of morpholine rings is 1. The Balaban J connectivity index is 1.96. The Labute approximate surface area is 138 Å². The Kier molecular flexibility index (Phi) is 5.76.